The zero-order chi connectivity index (χ0) is 8.59. The van der Waals surface area contributed by atoms with Gasteiger partial charge in [0.05, 0.1) is 10.3 Å². The number of nitrogens with zero attached hydrogens (tertiary/aromatic N) is 1. The first-order valence-electron chi connectivity index (χ1n) is 3.36. The topological polar surface area (TPSA) is 33.1 Å². The summed E-state index contributed by atoms with van der Waals surface area (Å²) in [6.45, 7) is 0. The number of aromatic nitrogens is 1. The lowest BCUT2D eigenvalue weighted by Crippen LogP contribution is -1.70. The zero-order valence-corrected chi connectivity index (χ0v) is 5.36. The molecule has 1 rings (SSSR count). The van der Waals surface area contributed by atoms with Crippen LogP contribution in [0.15, 0.2) is 22.9 Å². The third-order valence-corrected chi connectivity index (χ3v) is 0.920. The highest BCUT2D eigenvalue weighted by Gasteiger charge is 1.85. The van der Waals surface area contributed by atoms with Crippen molar-refractivity contribution in [3.05, 3.63) is 22.9 Å². The maximum absolute atomic E-state index is 8.93. The highest BCUT2D eigenvalue weighted by molar-refractivity contribution is 9.10. The van der Waals surface area contributed by atoms with Crippen molar-refractivity contribution in [3.8, 4) is 5.75 Å². The van der Waals surface area contributed by atoms with Gasteiger partial charge in [-0.1, -0.05) is 0 Å². The first kappa shape index (κ1) is 2.82. The highest BCUT2D eigenvalue weighted by Crippen LogP contribution is 2.09. The monoisotopic (exact) mass is 176 g/mol. The Balaban J connectivity index is 3.46. The third kappa shape index (κ3) is 1.20. The molecule has 1 aromatic rings. The molecule has 8 heavy (non-hydrogen) atoms. The Morgan fingerprint density at radius 3 is 3.25 bits per heavy atom. The first-order valence-corrected chi connectivity index (χ1v) is 2.65. The standard InChI is InChI=1S/C5H4BrNO/c6-5-2-1-4(8)3-7-5/h1-3,8H/i1D,2D,3D. The van der Waals surface area contributed by atoms with E-state index in [1.165, 1.54) is 0 Å². The molecule has 0 aliphatic carbocycles. The lowest BCUT2D eigenvalue weighted by Gasteiger charge is -1.87. The molecule has 0 bridgehead atoms. The summed E-state index contributed by atoms with van der Waals surface area (Å²) in [7, 11) is 0. The zero-order valence-electron chi connectivity index (χ0n) is 6.77. The van der Waals surface area contributed by atoms with Crippen LogP contribution in [0.2, 0.25) is 0 Å². The predicted octanol–water partition coefficient (Wildman–Crippen LogP) is 1.55. The van der Waals surface area contributed by atoms with Crippen molar-refractivity contribution in [2.24, 2.45) is 0 Å². The lowest BCUT2D eigenvalue weighted by molar-refractivity contribution is 0.472. The van der Waals surface area contributed by atoms with Gasteiger partial charge in [-0.3, -0.25) is 0 Å². The van der Waals surface area contributed by atoms with E-state index in [1.807, 2.05) is 0 Å². The second kappa shape index (κ2) is 2.13. The molecule has 0 atom stereocenters. The Labute approximate surface area is 59.5 Å². The summed E-state index contributed by atoms with van der Waals surface area (Å²) in [5.41, 5.74) is 0. The van der Waals surface area contributed by atoms with E-state index < -0.39 is 11.9 Å². The van der Waals surface area contributed by atoms with Crippen LogP contribution in [0.5, 0.6) is 5.75 Å². The molecule has 0 saturated carbocycles. The quantitative estimate of drug-likeness (QED) is 0.609. The second-order valence-corrected chi connectivity index (χ2v) is 1.86. The molecule has 0 aliphatic heterocycles. The minimum Gasteiger partial charge on any atom is -0.506 e. The molecular formula is C5H4BrNO. The van der Waals surface area contributed by atoms with Gasteiger partial charge in [-0.25, -0.2) is 4.98 Å². The van der Waals surface area contributed by atoms with Crippen molar-refractivity contribution in [2.45, 2.75) is 0 Å². The number of aromatic hydroxyl groups is 1. The van der Waals surface area contributed by atoms with Gasteiger partial charge < -0.3 is 5.11 Å². The van der Waals surface area contributed by atoms with Crippen LogP contribution in [0.3, 0.4) is 0 Å². The van der Waals surface area contributed by atoms with Gasteiger partial charge in [0, 0.05) is 0 Å². The van der Waals surface area contributed by atoms with Gasteiger partial charge in [0.25, 0.3) is 0 Å². The molecule has 1 aromatic heterocycles. The maximum Gasteiger partial charge on any atom is 0.133 e. The third-order valence-electron chi connectivity index (χ3n) is 0.544. The number of rotatable bonds is 0. The van der Waals surface area contributed by atoms with E-state index in [9.17, 15) is 0 Å². The van der Waals surface area contributed by atoms with E-state index in [2.05, 4.69) is 20.9 Å². The summed E-state index contributed by atoms with van der Waals surface area (Å²) < 4.78 is 21.3. The molecule has 0 amide bonds. The Kier molecular flexibility index (Phi) is 0.753. The van der Waals surface area contributed by atoms with Crippen LogP contribution in [-0.2, 0) is 0 Å². The molecular weight excluding hydrogens is 170 g/mol. The van der Waals surface area contributed by atoms with Crippen LogP contribution in [0.1, 0.15) is 4.11 Å². The molecule has 0 aromatic carbocycles. The molecule has 2 nitrogen and oxygen atoms in total. The number of pyridine rings is 1. The van der Waals surface area contributed by atoms with Gasteiger partial charge in [0.1, 0.15) is 10.4 Å². The van der Waals surface area contributed by atoms with Crippen molar-refractivity contribution in [1.82, 2.24) is 4.98 Å². The van der Waals surface area contributed by atoms with Crippen LogP contribution in [0.25, 0.3) is 0 Å². The maximum atomic E-state index is 8.93. The molecule has 0 saturated heterocycles. The summed E-state index contributed by atoms with van der Waals surface area (Å²) in [6.07, 6.45) is -0.391. The summed E-state index contributed by atoms with van der Waals surface area (Å²) in [6, 6.07) is -0.588. The SMILES string of the molecule is [2H]c1nc(Br)c([2H])c([2H])c1O. The van der Waals surface area contributed by atoms with Gasteiger partial charge in [-0.2, -0.15) is 0 Å². The minimum absolute atomic E-state index is 0.102. The van der Waals surface area contributed by atoms with E-state index in [0.29, 0.717) is 0 Å². The Morgan fingerprint density at radius 1 is 1.75 bits per heavy atom. The molecule has 0 aliphatic rings. The summed E-state index contributed by atoms with van der Waals surface area (Å²) in [5.74, 6) is -0.557. The van der Waals surface area contributed by atoms with Crippen molar-refractivity contribution < 1.29 is 9.22 Å². The molecule has 1 N–H and O–H groups in total. The molecule has 0 fully saturated rings. The average molecular weight is 177 g/mol. The average Bonchev–Trinajstić information content (AvgIpc) is 1.97. The summed E-state index contributed by atoms with van der Waals surface area (Å²) >= 11 is 2.88. The van der Waals surface area contributed by atoms with E-state index in [-0.39, 0.29) is 16.7 Å². The normalized spacial score (nSPS) is 14.4. The molecule has 42 valence electrons. The molecule has 1 heterocycles. The number of hydrogen-bond donors (Lipinski definition) is 1. The first-order chi connectivity index (χ1) is 5.04. The van der Waals surface area contributed by atoms with Crippen LogP contribution in [-0.4, -0.2) is 10.1 Å². The van der Waals surface area contributed by atoms with Gasteiger partial charge in [-0.15, -0.1) is 0 Å². The van der Waals surface area contributed by atoms with E-state index in [0.717, 1.165) is 0 Å². The fourth-order valence-corrected chi connectivity index (χ4v) is 0.456. The lowest BCUT2D eigenvalue weighted by atomic mass is 10.5. The smallest absolute Gasteiger partial charge is 0.133 e. The van der Waals surface area contributed by atoms with E-state index in [4.69, 9.17) is 9.22 Å². The fourth-order valence-electron chi connectivity index (χ4n) is 0.269. The Bertz CT molecular complexity index is 278. The van der Waals surface area contributed by atoms with E-state index in [1.54, 1.807) is 0 Å². The molecule has 0 unspecified atom stereocenters. The van der Waals surface area contributed by atoms with Crippen LogP contribution in [0.4, 0.5) is 0 Å². The largest absolute Gasteiger partial charge is 0.506 e. The molecule has 0 radical (unpaired) electrons. The number of halogens is 1. The highest BCUT2D eigenvalue weighted by atomic mass is 79.9. The van der Waals surface area contributed by atoms with Gasteiger partial charge in [-0.05, 0) is 28.0 Å². The van der Waals surface area contributed by atoms with Crippen LogP contribution < -0.4 is 0 Å². The second-order valence-electron chi connectivity index (χ2n) is 1.11. The van der Waals surface area contributed by atoms with Crippen molar-refractivity contribution in [1.29, 1.82) is 0 Å². The van der Waals surface area contributed by atoms with Crippen molar-refractivity contribution in [3.63, 3.8) is 0 Å². The number of hydrogen-bond acceptors (Lipinski definition) is 2. The van der Waals surface area contributed by atoms with E-state index >= 15 is 0 Å². The van der Waals surface area contributed by atoms with Gasteiger partial charge in [0.2, 0.25) is 0 Å². The van der Waals surface area contributed by atoms with Crippen molar-refractivity contribution >= 4 is 15.9 Å². The van der Waals surface area contributed by atoms with Crippen LogP contribution in [0, 0.1) is 0 Å². The Morgan fingerprint density at radius 2 is 2.50 bits per heavy atom. The van der Waals surface area contributed by atoms with Crippen molar-refractivity contribution in [2.75, 3.05) is 0 Å². The minimum atomic E-state index is -0.557. The van der Waals surface area contributed by atoms with Crippen LogP contribution >= 0.6 is 15.9 Å². The predicted molar refractivity (Wildman–Crippen MR) is 33.6 cm³/mol. The fraction of sp³-hybridized carbons (Fsp3) is 0. The Hall–Kier alpha value is -0.570. The molecule has 3 heteroatoms. The molecule has 0 spiro atoms. The summed E-state index contributed by atoms with van der Waals surface area (Å²) in [5, 5.41) is 8.93. The van der Waals surface area contributed by atoms with Gasteiger partial charge in [0.15, 0.2) is 0 Å². The van der Waals surface area contributed by atoms with Gasteiger partial charge >= 0.3 is 0 Å². The summed E-state index contributed by atoms with van der Waals surface area (Å²) in [4.78, 5) is 3.46.